The SMILES string of the molecule is CCCc1ccc(OCC(=O)N/N=C/c2cccc3ccccc23)cc1. The molecule has 0 aliphatic heterocycles. The van der Waals surface area contributed by atoms with Crippen LogP contribution in [0.15, 0.2) is 71.8 Å². The zero-order valence-electron chi connectivity index (χ0n) is 14.8. The molecule has 0 saturated carbocycles. The highest BCUT2D eigenvalue weighted by Crippen LogP contribution is 2.16. The van der Waals surface area contributed by atoms with Gasteiger partial charge in [0.1, 0.15) is 5.75 Å². The predicted octanol–water partition coefficient (Wildman–Crippen LogP) is 4.32. The molecule has 0 bridgehead atoms. The van der Waals surface area contributed by atoms with Crippen molar-refractivity contribution >= 4 is 22.9 Å². The Balaban J connectivity index is 1.52. The molecule has 1 amide bonds. The zero-order valence-corrected chi connectivity index (χ0v) is 14.8. The maximum Gasteiger partial charge on any atom is 0.277 e. The molecule has 0 aromatic heterocycles. The normalized spacial score (nSPS) is 11.0. The van der Waals surface area contributed by atoms with Crippen molar-refractivity contribution in [2.45, 2.75) is 19.8 Å². The van der Waals surface area contributed by atoms with Gasteiger partial charge in [0.2, 0.25) is 0 Å². The number of ether oxygens (including phenoxy) is 1. The quantitative estimate of drug-likeness (QED) is 0.512. The van der Waals surface area contributed by atoms with Crippen LogP contribution in [-0.4, -0.2) is 18.7 Å². The summed E-state index contributed by atoms with van der Waals surface area (Å²) in [5.41, 5.74) is 4.73. The molecule has 0 fully saturated rings. The number of hydrazone groups is 1. The van der Waals surface area contributed by atoms with Gasteiger partial charge < -0.3 is 4.74 Å². The van der Waals surface area contributed by atoms with E-state index in [0.717, 1.165) is 29.2 Å². The lowest BCUT2D eigenvalue weighted by molar-refractivity contribution is -0.123. The number of benzene rings is 3. The van der Waals surface area contributed by atoms with Crippen molar-refractivity contribution in [2.75, 3.05) is 6.61 Å². The molecular formula is C22H22N2O2. The minimum Gasteiger partial charge on any atom is -0.484 e. The first-order valence-electron chi connectivity index (χ1n) is 8.77. The molecule has 3 aromatic rings. The lowest BCUT2D eigenvalue weighted by Gasteiger charge is -2.06. The van der Waals surface area contributed by atoms with Crippen molar-refractivity contribution < 1.29 is 9.53 Å². The molecule has 0 heterocycles. The van der Waals surface area contributed by atoms with Crippen molar-refractivity contribution in [3.05, 3.63) is 77.9 Å². The highest BCUT2D eigenvalue weighted by molar-refractivity contribution is 5.99. The molecule has 4 heteroatoms. The topological polar surface area (TPSA) is 50.7 Å². The van der Waals surface area contributed by atoms with E-state index in [2.05, 4.69) is 17.5 Å². The van der Waals surface area contributed by atoms with Gasteiger partial charge in [0, 0.05) is 5.56 Å². The van der Waals surface area contributed by atoms with Crippen molar-refractivity contribution in [3.63, 3.8) is 0 Å². The van der Waals surface area contributed by atoms with Gasteiger partial charge in [0.15, 0.2) is 6.61 Å². The number of carbonyl (C=O) groups excluding carboxylic acids is 1. The first kappa shape index (κ1) is 17.7. The predicted molar refractivity (Wildman–Crippen MR) is 106 cm³/mol. The number of hydrogen-bond donors (Lipinski definition) is 1. The Labute approximate surface area is 153 Å². The molecule has 0 radical (unpaired) electrons. The lowest BCUT2D eigenvalue weighted by Crippen LogP contribution is -2.24. The van der Waals surface area contributed by atoms with Gasteiger partial charge in [-0.2, -0.15) is 5.10 Å². The van der Waals surface area contributed by atoms with Crippen LogP contribution < -0.4 is 10.2 Å². The second-order valence-corrected chi connectivity index (χ2v) is 6.04. The molecule has 1 N–H and O–H groups in total. The summed E-state index contributed by atoms with van der Waals surface area (Å²) in [6.45, 7) is 2.08. The van der Waals surface area contributed by atoms with E-state index in [1.807, 2.05) is 66.7 Å². The van der Waals surface area contributed by atoms with E-state index in [9.17, 15) is 4.79 Å². The summed E-state index contributed by atoms with van der Waals surface area (Å²) in [5.74, 6) is 0.386. The molecule has 0 aliphatic carbocycles. The van der Waals surface area contributed by atoms with Crippen LogP contribution in [0.4, 0.5) is 0 Å². The Kier molecular flexibility index (Phi) is 5.99. The Morgan fingerprint density at radius 1 is 1.04 bits per heavy atom. The molecule has 4 nitrogen and oxygen atoms in total. The molecule has 0 saturated heterocycles. The van der Waals surface area contributed by atoms with Crippen molar-refractivity contribution in [1.82, 2.24) is 5.43 Å². The molecule has 0 spiro atoms. The fourth-order valence-electron chi connectivity index (χ4n) is 2.76. The standard InChI is InChI=1S/C22H22N2O2/c1-2-6-17-11-13-20(14-12-17)26-16-22(25)24-23-15-19-9-5-8-18-7-3-4-10-21(18)19/h3-5,7-15H,2,6,16H2,1H3,(H,24,25)/b23-15+. The number of aryl methyl sites for hydroxylation is 1. The van der Waals surface area contributed by atoms with Crippen molar-refractivity contribution in [1.29, 1.82) is 0 Å². The summed E-state index contributed by atoms with van der Waals surface area (Å²) >= 11 is 0. The van der Waals surface area contributed by atoms with Crippen LogP contribution in [0.25, 0.3) is 10.8 Å². The minimum atomic E-state index is -0.292. The van der Waals surface area contributed by atoms with Gasteiger partial charge >= 0.3 is 0 Å². The highest BCUT2D eigenvalue weighted by Gasteiger charge is 2.02. The number of amides is 1. The molecule has 3 rings (SSSR count). The smallest absolute Gasteiger partial charge is 0.277 e. The van der Waals surface area contributed by atoms with Crippen LogP contribution in [0, 0.1) is 0 Å². The van der Waals surface area contributed by atoms with Crippen LogP contribution in [0.5, 0.6) is 5.75 Å². The lowest BCUT2D eigenvalue weighted by atomic mass is 10.1. The summed E-state index contributed by atoms with van der Waals surface area (Å²) in [4.78, 5) is 11.9. The maximum absolute atomic E-state index is 11.9. The summed E-state index contributed by atoms with van der Waals surface area (Å²) in [6, 6.07) is 21.9. The van der Waals surface area contributed by atoms with Crippen molar-refractivity contribution in [3.8, 4) is 5.75 Å². The molecule has 26 heavy (non-hydrogen) atoms. The third-order valence-electron chi connectivity index (χ3n) is 4.05. The number of rotatable bonds is 7. The average Bonchev–Trinajstić information content (AvgIpc) is 2.68. The first-order chi connectivity index (χ1) is 12.8. The van der Waals surface area contributed by atoms with Crippen LogP contribution in [-0.2, 0) is 11.2 Å². The third kappa shape index (κ3) is 4.70. The number of nitrogens with one attached hydrogen (secondary N) is 1. The van der Waals surface area contributed by atoms with Gasteiger partial charge in [-0.3, -0.25) is 4.79 Å². The van der Waals surface area contributed by atoms with E-state index in [0.29, 0.717) is 5.75 Å². The molecular weight excluding hydrogens is 324 g/mol. The van der Waals surface area contributed by atoms with Crippen LogP contribution in [0.2, 0.25) is 0 Å². The number of fused-ring (bicyclic) bond motifs is 1. The first-order valence-corrected chi connectivity index (χ1v) is 8.77. The van der Waals surface area contributed by atoms with Gasteiger partial charge in [0.05, 0.1) is 6.21 Å². The number of carbonyl (C=O) groups is 1. The van der Waals surface area contributed by atoms with Crippen LogP contribution in [0.1, 0.15) is 24.5 Å². The largest absolute Gasteiger partial charge is 0.484 e. The van der Waals surface area contributed by atoms with Gasteiger partial charge in [-0.05, 0) is 34.9 Å². The number of nitrogens with zero attached hydrogens (tertiary/aromatic N) is 1. The van der Waals surface area contributed by atoms with Gasteiger partial charge in [-0.15, -0.1) is 0 Å². The van der Waals surface area contributed by atoms with Gasteiger partial charge in [-0.25, -0.2) is 5.43 Å². The molecule has 0 atom stereocenters. The van der Waals surface area contributed by atoms with Gasteiger partial charge in [0.25, 0.3) is 5.91 Å². The summed E-state index contributed by atoms with van der Waals surface area (Å²) in [5, 5.41) is 6.27. The summed E-state index contributed by atoms with van der Waals surface area (Å²) in [6.07, 6.45) is 3.81. The van der Waals surface area contributed by atoms with E-state index in [1.165, 1.54) is 5.56 Å². The number of hydrogen-bond acceptors (Lipinski definition) is 3. The Morgan fingerprint density at radius 2 is 1.81 bits per heavy atom. The van der Waals surface area contributed by atoms with E-state index in [4.69, 9.17) is 4.74 Å². The molecule has 132 valence electrons. The summed E-state index contributed by atoms with van der Waals surface area (Å²) < 4.78 is 5.49. The molecule has 0 aliphatic rings. The highest BCUT2D eigenvalue weighted by atomic mass is 16.5. The van der Waals surface area contributed by atoms with E-state index in [1.54, 1.807) is 6.21 Å². The second-order valence-electron chi connectivity index (χ2n) is 6.04. The Hall–Kier alpha value is -3.14. The van der Waals surface area contributed by atoms with E-state index < -0.39 is 0 Å². The average molecular weight is 346 g/mol. The van der Waals surface area contributed by atoms with Crippen LogP contribution >= 0.6 is 0 Å². The van der Waals surface area contributed by atoms with E-state index in [-0.39, 0.29) is 12.5 Å². The second kappa shape index (κ2) is 8.81. The summed E-state index contributed by atoms with van der Waals surface area (Å²) in [7, 11) is 0. The van der Waals surface area contributed by atoms with Crippen LogP contribution in [0.3, 0.4) is 0 Å². The monoisotopic (exact) mass is 346 g/mol. The third-order valence-corrected chi connectivity index (χ3v) is 4.05. The fourth-order valence-corrected chi connectivity index (χ4v) is 2.76. The minimum absolute atomic E-state index is 0.0694. The van der Waals surface area contributed by atoms with Crippen molar-refractivity contribution in [2.24, 2.45) is 5.10 Å². The maximum atomic E-state index is 11.9. The Morgan fingerprint density at radius 3 is 2.62 bits per heavy atom. The molecule has 0 unspecified atom stereocenters. The van der Waals surface area contributed by atoms with Gasteiger partial charge in [-0.1, -0.05) is 67.9 Å². The fraction of sp³-hybridized carbons (Fsp3) is 0.182. The Bertz CT molecular complexity index is 896. The van der Waals surface area contributed by atoms with E-state index >= 15 is 0 Å². The zero-order chi connectivity index (χ0) is 18.2. The molecule has 3 aromatic carbocycles.